The first-order valence-electron chi connectivity index (χ1n) is 10.7. The van der Waals surface area contributed by atoms with Crippen molar-refractivity contribution < 1.29 is 9.18 Å². The summed E-state index contributed by atoms with van der Waals surface area (Å²) >= 11 is 3.16. The third kappa shape index (κ3) is 6.28. The molecule has 1 amide bonds. The lowest BCUT2D eigenvalue weighted by molar-refractivity contribution is -0.118. The van der Waals surface area contributed by atoms with Crippen molar-refractivity contribution in [3.8, 4) is 0 Å². The zero-order chi connectivity index (χ0) is 22.4. The van der Waals surface area contributed by atoms with E-state index in [0.29, 0.717) is 18.7 Å². The van der Waals surface area contributed by atoms with Crippen LogP contribution in [0.2, 0.25) is 0 Å². The maximum Gasteiger partial charge on any atom is 0.229 e. The van der Waals surface area contributed by atoms with E-state index in [-0.39, 0.29) is 11.7 Å². The molecule has 3 aromatic rings. The van der Waals surface area contributed by atoms with Gasteiger partial charge in [0.15, 0.2) is 5.13 Å². The van der Waals surface area contributed by atoms with Gasteiger partial charge in [0.2, 0.25) is 5.91 Å². The number of thioether (sulfide) groups is 1. The molecule has 0 spiro atoms. The van der Waals surface area contributed by atoms with E-state index in [9.17, 15) is 9.18 Å². The topological polar surface area (TPSA) is 36.4 Å². The SMILES string of the molecule is CCN(CC)CCN(C(=O)CCSc1ccc(F)cc1)c1nc2c(C)cc(C)cc2s1. The van der Waals surface area contributed by atoms with Crippen molar-refractivity contribution in [3.05, 3.63) is 53.3 Å². The Morgan fingerprint density at radius 1 is 1.10 bits per heavy atom. The fraction of sp³-hybridized carbons (Fsp3) is 0.417. The minimum Gasteiger partial charge on any atom is -0.302 e. The molecule has 7 heteroatoms. The highest BCUT2D eigenvalue weighted by molar-refractivity contribution is 7.99. The third-order valence-electron chi connectivity index (χ3n) is 5.28. The Balaban J connectivity index is 1.76. The second-order valence-corrected chi connectivity index (χ2v) is 9.73. The van der Waals surface area contributed by atoms with Gasteiger partial charge in [-0.1, -0.05) is 31.3 Å². The Morgan fingerprint density at radius 3 is 2.48 bits per heavy atom. The van der Waals surface area contributed by atoms with Crippen molar-refractivity contribution in [2.45, 2.75) is 39.0 Å². The number of nitrogens with zero attached hydrogens (tertiary/aromatic N) is 3. The first-order valence-corrected chi connectivity index (χ1v) is 12.5. The third-order valence-corrected chi connectivity index (χ3v) is 7.32. The first kappa shape index (κ1) is 23.7. The van der Waals surface area contributed by atoms with Crippen LogP contribution in [-0.4, -0.2) is 47.7 Å². The molecule has 0 aliphatic carbocycles. The predicted molar refractivity (Wildman–Crippen MR) is 131 cm³/mol. The van der Waals surface area contributed by atoms with Crippen molar-refractivity contribution in [1.82, 2.24) is 9.88 Å². The van der Waals surface area contributed by atoms with Gasteiger partial charge in [-0.3, -0.25) is 9.69 Å². The van der Waals surface area contributed by atoms with E-state index in [4.69, 9.17) is 4.98 Å². The van der Waals surface area contributed by atoms with Crippen LogP contribution in [0.5, 0.6) is 0 Å². The Hall–Kier alpha value is -1.96. The van der Waals surface area contributed by atoms with Crippen LogP contribution in [-0.2, 0) is 4.79 Å². The van der Waals surface area contributed by atoms with Crippen LogP contribution in [0.1, 0.15) is 31.4 Å². The van der Waals surface area contributed by atoms with Crippen LogP contribution in [0.15, 0.2) is 41.3 Å². The molecule has 3 rings (SSSR count). The molecule has 2 aromatic carbocycles. The van der Waals surface area contributed by atoms with Gasteiger partial charge in [-0.25, -0.2) is 9.37 Å². The molecule has 31 heavy (non-hydrogen) atoms. The van der Waals surface area contributed by atoms with Crippen molar-refractivity contribution in [2.24, 2.45) is 0 Å². The van der Waals surface area contributed by atoms with Gasteiger partial charge in [0.1, 0.15) is 5.82 Å². The van der Waals surface area contributed by atoms with Crippen LogP contribution in [0.3, 0.4) is 0 Å². The minimum atomic E-state index is -0.246. The number of halogens is 1. The number of anilines is 1. The summed E-state index contributed by atoms with van der Waals surface area (Å²) in [6.07, 6.45) is 0.411. The number of benzene rings is 2. The van der Waals surface area contributed by atoms with Crippen molar-refractivity contribution in [2.75, 3.05) is 36.8 Å². The van der Waals surface area contributed by atoms with Gasteiger partial charge in [-0.2, -0.15) is 0 Å². The average Bonchev–Trinajstić information content (AvgIpc) is 3.16. The number of fused-ring (bicyclic) bond motifs is 1. The molecule has 0 aliphatic heterocycles. The summed E-state index contributed by atoms with van der Waals surface area (Å²) in [5.74, 6) is 0.481. The molecule has 0 atom stereocenters. The normalized spacial score (nSPS) is 11.4. The van der Waals surface area contributed by atoms with Crippen molar-refractivity contribution in [3.63, 3.8) is 0 Å². The second kappa shape index (κ2) is 11.1. The molecule has 0 saturated heterocycles. The predicted octanol–water partition coefficient (Wildman–Crippen LogP) is 5.91. The number of amides is 1. The van der Waals surface area contributed by atoms with Gasteiger partial charge in [-0.05, 0) is 68.4 Å². The smallest absolute Gasteiger partial charge is 0.229 e. The second-order valence-electron chi connectivity index (χ2n) is 7.55. The number of thiazole rings is 1. The maximum absolute atomic E-state index is 13.2. The fourth-order valence-electron chi connectivity index (χ4n) is 3.50. The Morgan fingerprint density at radius 2 is 1.81 bits per heavy atom. The molecule has 0 fully saturated rings. The Kier molecular flexibility index (Phi) is 8.46. The zero-order valence-corrected chi connectivity index (χ0v) is 20.3. The van der Waals surface area contributed by atoms with E-state index >= 15 is 0 Å². The highest BCUT2D eigenvalue weighted by atomic mass is 32.2. The van der Waals surface area contributed by atoms with E-state index in [1.807, 2.05) is 4.90 Å². The number of likely N-dealkylation sites (N-methyl/N-ethyl adjacent to an activating group) is 1. The van der Waals surface area contributed by atoms with Gasteiger partial charge in [-0.15, -0.1) is 11.8 Å². The van der Waals surface area contributed by atoms with Gasteiger partial charge < -0.3 is 4.90 Å². The minimum absolute atomic E-state index is 0.0789. The molecule has 166 valence electrons. The molecule has 4 nitrogen and oxygen atoms in total. The summed E-state index contributed by atoms with van der Waals surface area (Å²) in [5, 5.41) is 0.771. The van der Waals surface area contributed by atoms with E-state index in [0.717, 1.165) is 45.4 Å². The van der Waals surface area contributed by atoms with E-state index < -0.39 is 0 Å². The van der Waals surface area contributed by atoms with Gasteiger partial charge >= 0.3 is 0 Å². The molecular weight excluding hydrogens is 429 g/mol. The number of hydrogen-bond donors (Lipinski definition) is 0. The summed E-state index contributed by atoms with van der Waals surface area (Å²) in [4.78, 5) is 23.2. The van der Waals surface area contributed by atoms with E-state index in [1.165, 1.54) is 17.7 Å². The van der Waals surface area contributed by atoms with Crippen molar-refractivity contribution in [1.29, 1.82) is 0 Å². The highest BCUT2D eigenvalue weighted by Crippen LogP contribution is 2.32. The molecule has 0 aliphatic rings. The molecule has 0 unspecified atom stereocenters. The Labute approximate surface area is 192 Å². The molecule has 1 heterocycles. The molecule has 0 N–H and O–H groups in total. The summed E-state index contributed by atoms with van der Waals surface area (Å²) in [5.41, 5.74) is 3.32. The summed E-state index contributed by atoms with van der Waals surface area (Å²) in [6.45, 7) is 11.8. The molecule has 1 aromatic heterocycles. The largest absolute Gasteiger partial charge is 0.302 e. The van der Waals surface area contributed by atoms with E-state index in [1.54, 1.807) is 35.2 Å². The van der Waals surface area contributed by atoms with E-state index in [2.05, 4.69) is 44.7 Å². The zero-order valence-electron chi connectivity index (χ0n) is 18.7. The quantitative estimate of drug-likeness (QED) is 0.353. The lowest BCUT2D eigenvalue weighted by atomic mass is 10.1. The number of hydrogen-bond acceptors (Lipinski definition) is 5. The lowest BCUT2D eigenvalue weighted by Gasteiger charge is -2.24. The fourth-order valence-corrected chi connectivity index (χ4v) is 5.53. The molecule has 0 radical (unpaired) electrons. The number of carbonyl (C=O) groups excluding carboxylic acids is 1. The summed E-state index contributed by atoms with van der Waals surface area (Å²) in [7, 11) is 0. The Bertz CT molecular complexity index is 1020. The van der Waals surface area contributed by atoms with Crippen LogP contribution >= 0.6 is 23.1 Å². The molecule has 0 bridgehead atoms. The average molecular weight is 460 g/mol. The standard InChI is InChI=1S/C24H30FN3OS2/c1-5-27(6-2)12-13-28(22(29)11-14-30-20-9-7-19(25)8-10-20)24-26-23-18(4)15-17(3)16-21(23)31-24/h7-10,15-16H,5-6,11-14H2,1-4H3. The van der Waals surface area contributed by atoms with Gasteiger partial charge in [0.25, 0.3) is 0 Å². The lowest BCUT2D eigenvalue weighted by Crippen LogP contribution is -2.39. The number of rotatable bonds is 10. The summed E-state index contributed by atoms with van der Waals surface area (Å²) < 4.78 is 14.2. The van der Waals surface area contributed by atoms with Crippen molar-refractivity contribution >= 4 is 44.4 Å². The van der Waals surface area contributed by atoms with Crippen LogP contribution in [0.25, 0.3) is 10.2 Å². The number of aryl methyl sites for hydroxylation is 2. The van der Waals surface area contributed by atoms with Gasteiger partial charge in [0, 0.05) is 30.2 Å². The maximum atomic E-state index is 13.2. The molecular formula is C24H30FN3OS2. The van der Waals surface area contributed by atoms with Crippen LogP contribution in [0, 0.1) is 19.7 Å². The number of aromatic nitrogens is 1. The first-order chi connectivity index (χ1) is 14.9. The monoisotopic (exact) mass is 459 g/mol. The highest BCUT2D eigenvalue weighted by Gasteiger charge is 2.21. The van der Waals surface area contributed by atoms with Crippen LogP contribution < -0.4 is 4.90 Å². The van der Waals surface area contributed by atoms with Crippen LogP contribution in [0.4, 0.5) is 9.52 Å². The summed E-state index contributed by atoms with van der Waals surface area (Å²) in [6, 6.07) is 10.7. The van der Waals surface area contributed by atoms with Gasteiger partial charge in [0.05, 0.1) is 10.2 Å². The molecule has 0 saturated carbocycles. The number of carbonyl (C=O) groups is 1.